The molecule has 0 bridgehead atoms. The molecule has 0 amide bonds. The second-order valence-corrected chi connectivity index (χ2v) is 7.51. The quantitative estimate of drug-likeness (QED) is 0.271. The number of hydrogen-bond acceptors (Lipinski definition) is 3. The Balaban J connectivity index is -0.000000160. The molecule has 16 heavy (non-hydrogen) atoms. The van der Waals surface area contributed by atoms with Gasteiger partial charge in [-0.1, -0.05) is 19.8 Å². The lowest BCUT2D eigenvalue weighted by atomic mass is 10.3. The van der Waals surface area contributed by atoms with Crippen molar-refractivity contribution in [3.63, 3.8) is 0 Å². The van der Waals surface area contributed by atoms with Crippen molar-refractivity contribution in [3.05, 3.63) is 0 Å². The molecule has 0 aromatic rings. The van der Waals surface area contributed by atoms with Gasteiger partial charge in [-0.25, -0.2) is 0 Å². The Bertz CT molecular complexity index is 188. The summed E-state index contributed by atoms with van der Waals surface area (Å²) in [6.07, 6.45) is 3.75. The van der Waals surface area contributed by atoms with Gasteiger partial charge in [0.1, 0.15) is 0 Å². The highest BCUT2D eigenvalue weighted by molar-refractivity contribution is 8.06. The summed E-state index contributed by atoms with van der Waals surface area (Å²) in [5, 5.41) is 0. The van der Waals surface area contributed by atoms with Crippen molar-refractivity contribution in [1.29, 1.82) is 0 Å². The maximum atomic E-state index is 7.56. The summed E-state index contributed by atoms with van der Waals surface area (Å²) < 4.78 is 0. The fraction of sp³-hybridized carbons (Fsp3) is 1.00. The Morgan fingerprint density at radius 2 is 1.12 bits per heavy atom. The second kappa shape index (κ2) is 12.5. The molecule has 11 heteroatoms. The number of nitrogens with two attached hydrogens (primary N) is 1. The molecule has 7 nitrogen and oxygen atoms in total. The van der Waals surface area contributed by atoms with Gasteiger partial charge in [-0.2, -0.15) is 0 Å². The molecule has 0 aliphatic rings. The summed E-state index contributed by atoms with van der Waals surface area (Å²) >= 11 is 7.21. The molecule has 0 aromatic heterocycles. The first kappa shape index (κ1) is 22.2. The van der Waals surface area contributed by atoms with Crippen LogP contribution in [-0.4, -0.2) is 35.9 Å². The molecule has 0 saturated heterocycles. The number of unbranched alkanes of at least 4 members (excludes halogenated alkanes) is 2. The lowest BCUT2D eigenvalue weighted by molar-refractivity contribution is 0.361. The molecule has 0 aliphatic heterocycles. The molecular weight excluding hydrogens is 296 g/mol. The van der Waals surface area contributed by atoms with Crippen molar-refractivity contribution in [3.8, 4) is 0 Å². The van der Waals surface area contributed by atoms with Gasteiger partial charge in [-0.15, -0.1) is 0 Å². The summed E-state index contributed by atoms with van der Waals surface area (Å²) in [6.45, 7) is -4.58. The van der Waals surface area contributed by atoms with Crippen molar-refractivity contribution >= 4 is 37.1 Å². The van der Waals surface area contributed by atoms with E-state index in [1.165, 1.54) is 19.3 Å². The summed E-state index contributed by atoms with van der Waals surface area (Å²) in [7, 11) is 0. The predicted octanol–water partition coefficient (Wildman–Crippen LogP) is -0.489. The summed E-state index contributed by atoms with van der Waals surface area (Å²) in [6, 6.07) is 0. The first-order valence-corrected chi connectivity index (χ1v) is 9.50. The molecule has 8 N–H and O–H groups in total. The van der Waals surface area contributed by atoms with Crippen LogP contribution in [0.25, 0.3) is 0 Å². The minimum Gasteiger partial charge on any atom is -0.330 e. The third-order valence-electron chi connectivity index (χ3n) is 0.808. The summed E-state index contributed by atoms with van der Waals surface area (Å²) in [4.78, 5) is 45.3. The molecule has 0 radical (unpaired) electrons. The van der Waals surface area contributed by atoms with Crippen LogP contribution in [0.1, 0.15) is 26.2 Å². The zero-order chi connectivity index (χ0) is 13.8. The zero-order valence-corrected chi connectivity index (χ0v) is 12.2. The van der Waals surface area contributed by atoms with Crippen LogP contribution in [0.5, 0.6) is 0 Å². The molecular formula is C5H19NO6P2S2. The fourth-order valence-electron chi connectivity index (χ4n) is 0.394. The van der Waals surface area contributed by atoms with Gasteiger partial charge in [-0.3, -0.25) is 0 Å². The van der Waals surface area contributed by atoms with E-state index in [1.54, 1.807) is 0 Å². The predicted molar refractivity (Wildman–Crippen MR) is 70.5 cm³/mol. The Morgan fingerprint density at radius 1 is 0.875 bits per heavy atom. The van der Waals surface area contributed by atoms with Crippen LogP contribution in [0.4, 0.5) is 0 Å². The van der Waals surface area contributed by atoms with Crippen LogP contribution >= 0.6 is 13.4 Å². The van der Waals surface area contributed by atoms with Crippen LogP contribution in [0, 0.1) is 0 Å². The first-order chi connectivity index (χ1) is 6.91. The van der Waals surface area contributed by atoms with E-state index in [0.717, 1.165) is 6.54 Å². The van der Waals surface area contributed by atoms with Gasteiger partial charge in [0.25, 0.3) is 0 Å². The van der Waals surface area contributed by atoms with Crippen molar-refractivity contribution in [1.82, 2.24) is 0 Å². The van der Waals surface area contributed by atoms with Gasteiger partial charge < -0.3 is 35.1 Å². The molecule has 0 atom stereocenters. The Morgan fingerprint density at radius 3 is 1.19 bits per heavy atom. The largest absolute Gasteiger partial charge is 0.330 e. The SMILES string of the molecule is CCCCCN.OP(O)(O)=S.OP(O)(O)=S. The van der Waals surface area contributed by atoms with Crippen molar-refractivity contribution < 1.29 is 29.4 Å². The van der Waals surface area contributed by atoms with Crippen molar-refractivity contribution in [2.45, 2.75) is 26.2 Å². The molecule has 0 aromatic carbocycles. The van der Waals surface area contributed by atoms with E-state index in [2.05, 4.69) is 30.5 Å². The third kappa shape index (κ3) is 183. The topological polar surface area (TPSA) is 147 Å². The highest BCUT2D eigenvalue weighted by Crippen LogP contribution is 2.26. The Kier molecular flexibility index (Phi) is 17.3. The van der Waals surface area contributed by atoms with E-state index in [1.807, 2.05) is 0 Å². The second-order valence-electron chi connectivity index (χ2n) is 2.52. The molecule has 0 aliphatic carbocycles. The molecule has 102 valence electrons. The Hall–Kier alpha value is 1.02. The molecule has 0 rings (SSSR count). The Labute approximate surface area is 105 Å². The standard InChI is InChI=1S/C5H13N.2H3O3PS/c1-2-3-4-5-6;2*1-4(2,3)5/h2-6H2,1H3;2*(H3,1,2,3,5). The fourth-order valence-corrected chi connectivity index (χ4v) is 0.394. The van der Waals surface area contributed by atoms with E-state index in [9.17, 15) is 0 Å². The smallest absolute Gasteiger partial charge is 0.319 e. The van der Waals surface area contributed by atoms with E-state index in [0.29, 0.717) is 0 Å². The van der Waals surface area contributed by atoms with Gasteiger partial charge in [-0.05, 0) is 36.6 Å². The maximum absolute atomic E-state index is 7.56. The molecule has 0 spiro atoms. The van der Waals surface area contributed by atoms with Crippen LogP contribution in [0.15, 0.2) is 0 Å². The normalized spacial score (nSPS) is 10.8. The summed E-state index contributed by atoms with van der Waals surface area (Å²) in [5.41, 5.74) is 5.21. The first-order valence-electron chi connectivity index (χ1n) is 4.18. The van der Waals surface area contributed by atoms with Crippen LogP contribution < -0.4 is 5.73 Å². The number of rotatable bonds is 3. The lowest BCUT2D eigenvalue weighted by Gasteiger charge is -1.88. The monoisotopic (exact) mass is 315 g/mol. The van der Waals surface area contributed by atoms with Crippen LogP contribution in [-0.2, 0) is 23.6 Å². The third-order valence-corrected chi connectivity index (χ3v) is 0.808. The molecule has 0 fully saturated rings. The molecule has 0 saturated carbocycles. The highest BCUT2D eigenvalue weighted by atomic mass is 32.5. The van der Waals surface area contributed by atoms with Crippen LogP contribution in [0.3, 0.4) is 0 Å². The zero-order valence-electron chi connectivity index (χ0n) is 8.80. The molecule has 0 heterocycles. The van der Waals surface area contributed by atoms with Gasteiger partial charge in [0.05, 0.1) is 0 Å². The van der Waals surface area contributed by atoms with E-state index >= 15 is 0 Å². The van der Waals surface area contributed by atoms with E-state index in [4.69, 9.17) is 35.1 Å². The van der Waals surface area contributed by atoms with Gasteiger partial charge >= 0.3 is 13.4 Å². The number of hydrogen-bond donors (Lipinski definition) is 7. The highest BCUT2D eigenvalue weighted by Gasteiger charge is 1.92. The van der Waals surface area contributed by atoms with E-state index in [-0.39, 0.29) is 0 Å². The minimum absolute atomic E-state index is 0.855. The van der Waals surface area contributed by atoms with Crippen molar-refractivity contribution in [2.24, 2.45) is 5.73 Å². The summed E-state index contributed by atoms with van der Waals surface area (Å²) in [5.74, 6) is 0. The van der Waals surface area contributed by atoms with E-state index < -0.39 is 13.4 Å². The van der Waals surface area contributed by atoms with Gasteiger partial charge in [0, 0.05) is 0 Å². The van der Waals surface area contributed by atoms with Crippen molar-refractivity contribution in [2.75, 3.05) is 6.54 Å². The lowest BCUT2D eigenvalue weighted by Crippen LogP contribution is -1.96. The maximum Gasteiger partial charge on any atom is 0.319 e. The average molecular weight is 315 g/mol. The van der Waals surface area contributed by atoms with Gasteiger partial charge in [0.15, 0.2) is 0 Å². The average Bonchev–Trinajstić information content (AvgIpc) is 1.94. The van der Waals surface area contributed by atoms with Gasteiger partial charge in [0.2, 0.25) is 0 Å². The minimum atomic E-state index is -3.81. The molecule has 0 unspecified atom stereocenters. The van der Waals surface area contributed by atoms with Crippen LogP contribution in [0.2, 0.25) is 0 Å².